The highest BCUT2D eigenvalue weighted by Crippen LogP contribution is 2.41. The molecule has 1 aromatic rings. The molecular weight excluding hydrogens is 359 g/mol. The van der Waals surface area contributed by atoms with Crippen LogP contribution in [-0.2, 0) is 20.5 Å². The summed E-state index contributed by atoms with van der Waals surface area (Å²) in [5.74, 6) is -0.838. The van der Waals surface area contributed by atoms with E-state index in [-0.39, 0.29) is 23.8 Å². The number of amides is 1. The summed E-state index contributed by atoms with van der Waals surface area (Å²) < 4.78 is 44.7. The molecule has 0 unspecified atom stereocenters. The maximum atomic E-state index is 13.2. The average Bonchev–Trinajstić information content (AvgIpc) is 3.03. The van der Waals surface area contributed by atoms with Crippen LogP contribution >= 0.6 is 0 Å². The second-order valence-corrected chi connectivity index (χ2v) is 7.49. The van der Waals surface area contributed by atoms with Gasteiger partial charge in [-0.2, -0.15) is 13.2 Å². The van der Waals surface area contributed by atoms with Gasteiger partial charge in [0.25, 0.3) is 0 Å². The fraction of sp³-hybridized carbons (Fsp3) is 0.500. The van der Waals surface area contributed by atoms with Gasteiger partial charge in [-0.3, -0.25) is 4.79 Å². The van der Waals surface area contributed by atoms with Crippen LogP contribution in [-0.4, -0.2) is 18.5 Å². The number of ether oxygens (including phenoxy) is 1. The van der Waals surface area contributed by atoms with E-state index < -0.39 is 23.1 Å². The molecule has 1 N–H and O–H groups in total. The van der Waals surface area contributed by atoms with Crippen molar-refractivity contribution in [2.45, 2.75) is 53.1 Å². The lowest BCUT2D eigenvalue weighted by atomic mass is 9.93. The molecule has 4 nitrogen and oxygen atoms in total. The van der Waals surface area contributed by atoms with Crippen LogP contribution in [0.2, 0.25) is 0 Å². The van der Waals surface area contributed by atoms with Crippen molar-refractivity contribution in [2.75, 3.05) is 11.9 Å². The summed E-state index contributed by atoms with van der Waals surface area (Å²) in [5.41, 5.74) is -0.168. The van der Waals surface area contributed by atoms with Crippen LogP contribution in [0.4, 0.5) is 18.9 Å². The molecule has 0 bridgehead atoms. The molecule has 1 aliphatic rings. The Morgan fingerprint density at radius 2 is 1.81 bits per heavy atom. The third-order valence-electron chi connectivity index (χ3n) is 4.34. The SMILES string of the molecule is CCOC(=O)C1=C(c2cc(C(F)(F)F)ccc2NC(=O)C(C)(C)C)CCC1. The molecule has 0 fully saturated rings. The van der Waals surface area contributed by atoms with Gasteiger partial charge < -0.3 is 10.1 Å². The maximum Gasteiger partial charge on any atom is 0.416 e. The van der Waals surface area contributed by atoms with E-state index in [0.29, 0.717) is 30.4 Å². The minimum absolute atomic E-state index is 0.186. The molecule has 0 spiro atoms. The minimum atomic E-state index is -4.52. The molecule has 1 aromatic carbocycles. The first-order valence-electron chi connectivity index (χ1n) is 8.87. The van der Waals surface area contributed by atoms with Gasteiger partial charge in [0.2, 0.25) is 5.91 Å². The Bertz CT molecular complexity index is 774. The van der Waals surface area contributed by atoms with E-state index in [2.05, 4.69) is 5.32 Å². The number of carbonyl (C=O) groups excluding carboxylic acids is 2. The number of nitrogens with one attached hydrogen (secondary N) is 1. The van der Waals surface area contributed by atoms with Crippen molar-refractivity contribution >= 4 is 23.1 Å². The van der Waals surface area contributed by atoms with Gasteiger partial charge >= 0.3 is 12.1 Å². The number of benzene rings is 1. The Kier molecular flexibility index (Phi) is 6.02. The smallest absolute Gasteiger partial charge is 0.416 e. The number of halogens is 3. The Labute approximate surface area is 156 Å². The van der Waals surface area contributed by atoms with Gasteiger partial charge in [0.05, 0.1) is 12.2 Å². The third-order valence-corrected chi connectivity index (χ3v) is 4.34. The van der Waals surface area contributed by atoms with Gasteiger partial charge in [-0.1, -0.05) is 20.8 Å². The van der Waals surface area contributed by atoms with Crippen LogP contribution in [0.3, 0.4) is 0 Å². The summed E-state index contributed by atoms with van der Waals surface area (Å²) >= 11 is 0. The fourth-order valence-corrected chi connectivity index (χ4v) is 2.87. The predicted octanol–water partition coefficient (Wildman–Crippen LogP) is 5.19. The van der Waals surface area contributed by atoms with Crippen molar-refractivity contribution in [1.29, 1.82) is 0 Å². The lowest BCUT2D eigenvalue weighted by molar-refractivity contribution is -0.138. The zero-order chi connectivity index (χ0) is 20.4. The first kappa shape index (κ1) is 21.0. The topological polar surface area (TPSA) is 55.4 Å². The van der Waals surface area contributed by atoms with Gasteiger partial charge in [0.1, 0.15) is 0 Å². The Hall–Kier alpha value is -2.31. The summed E-state index contributed by atoms with van der Waals surface area (Å²) in [6.07, 6.45) is -2.98. The summed E-state index contributed by atoms with van der Waals surface area (Å²) in [4.78, 5) is 24.6. The molecule has 0 aromatic heterocycles. The number of allylic oxidation sites excluding steroid dienone is 1. The highest BCUT2D eigenvalue weighted by Gasteiger charge is 2.33. The molecule has 0 aliphatic heterocycles. The zero-order valence-electron chi connectivity index (χ0n) is 15.9. The number of carbonyl (C=O) groups is 2. The first-order chi connectivity index (χ1) is 12.4. The molecular formula is C20H24F3NO3. The van der Waals surface area contributed by atoms with Crippen molar-refractivity contribution in [3.63, 3.8) is 0 Å². The van der Waals surface area contributed by atoms with Crippen molar-refractivity contribution in [3.05, 3.63) is 34.9 Å². The van der Waals surface area contributed by atoms with E-state index in [0.717, 1.165) is 12.1 Å². The van der Waals surface area contributed by atoms with Gasteiger partial charge in [-0.15, -0.1) is 0 Å². The lowest BCUT2D eigenvalue weighted by Gasteiger charge is -2.21. The molecule has 148 valence electrons. The molecule has 0 heterocycles. The fourth-order valence-electron chi connectivity index (χ4n) is 2.87. The zero-order valence-corrected chi connectivity index (χ0v) is 15.9. The standard InChI is InChI=1S/C20H24F3NO3/c1-5-27-17(25)14-8-6-7-13(14)15-11-12(20(21,22)23)9-10-16(15)24-18(26)19(2,3)4/h9-11H,5-8H2,1-4H3,(H,24,26). The van der Waals surface area contributed by atoms with Gasteiger partial charge in [-0.05, 0) is 50.0 Å². The lowest BCUT2D eigenvalue weighted by Crippen LogP contribution is -2.28. The monoisotopic (exact) mass is 383 g/mol. The van der Waals surface area contributed by atoms with Crippen LogP contribution in [0.5, 0.6) is 0 Å². The largest absolute Gasteiger partial charge is 0.463 e. The van der Waals surface area contributed by atoms with Crippen molar-refractivity contribution in [3.8, 4) is 0 Å². The Morgan fingerprint density at radius 1 is 1.15 bits per heavy atom. The second kappa shape index (κ2) is 7.74. The van der Waals surface area contributed by atoms with Crippen LogP contribution < -0.4 is 5.32 Å². The van der Waals surface area contributed by atoms with Crippen LogP contribution in [0.15, 0.2) is 23.8 Å². The summed E-state index contributed by atoms with van der Waals surface area (Å²) in [6, 6.07) is 3.18. The molecule has 0 saturated heterocycles. The molecule has 7 heteroatoms. The number of hydrogen-bond acceptors (Lipinski definition) is 3. The molecule has 2 rings (SSSR count). The predicted molar refractivity (Wildman–Crippen MR) is 96.9 cm³/mol. The molecule has 1 aliphatic carbocycles. The number of anilines is 1. The quantitative estimate of drug-likeness (QED) is 0.728. The van der Waals surface area contributed by atoms with Gasteiger partial charge in [0.15, 0.2) is 0 Å². The number of rotatable bonds is 4. The molecule has 0 atom stereocenters. The van der Waals surface area contributed by atoms with E-state index in [4.69, 9.17) is 4.74 Å². The van der Waals surface area contributed by atoms with E-state index in [9.17, 15) is 22.8 Å². The van der Waals surface area contributed by atoms with Gasteiger partial charge in [0, 0.05) is 22.2 Å². The highest BCUT2D eigenvalue weighted by molar-refractivity contribution is 6.03. The highest BCUT2D eigenvalue weighted by atomic mass is 19.4. The van der Waals surface area contributed by atoms with Crippen molar-refractivity contribution in [2.24, 2.45) is 5.41 Å². The number of hydrogen-bond donors (Lipinski definition) is 1. The van der Waals surface area contributed by atoms with E-state index in [1.165, 1.54) is 6.07 Å². The Balaban J connectivity index is 2.58. The van der Waals surface area contributed by atoms with Crippen molar-refractivity contribution in [1.82, 2.24) is 0 Å². The summed E-state index contributed by atoms with van der Waals surface area (Å²) in [7, 11) is 0. The van der Waals surface area contributed by atoms with E-state index >= 15 is 0 Å². The van der Waals surface area contributed by atoms with Gasteiger partial charge in [-0.25, -0.2) is 4.79 Å². The Morgan fingerprint density at radius 3 is 2.37 bits per heavy atom. The molecule has 0 radical (unpaired) electrons. The van der Waals surface area contributed by atoms with Crippen LogP contribution in [0.25, 0.3) is 5.57 Å². The average molecular weight is 383 g/mol. The normalized spacial score (nSPS) is 15.1. The molecule has 1 amide bonds. The van der Waals surface area contributed by atoms with E-state index in [1.807, 2.05) is 0 Å². The molecule has 27 heavy (non-hydrogen) atoms. The van der Waals surface area contributed by atoms with Crippen LogP contribution in [0, 0.1) is 5.41 Å². The number of alkyl halides is 3. The third kappa shape index (κ3) is 4.90. The number of esters is 1. The van der Waals surface area contributed by atoms with E-state index in [1.54, 1.807) is 27.7 Å². The molecule has 0 saturated carbocycles. The van der Waals surface area contributed by atoms with Crippen LogP contribution in [0.1, 0.15) is 58.1 Å². The maximum absolute atomic E-state index is 13.2. The summed E-state index contributed by atoms with van der Waals surface area (Å²) in [5, 5.41) is 2.70. The summed E-state index contributed by atoms with van der Waals surface area (Å²) in [6.45, 7) is 7.00. The second-order valence-electron chi connectivity index (χ2n) is 7.49. The minimum Gasteiger partial charge on any atom is -0.463 e. The first-order valence-corrected chi connectivity index (χ1v) is 8.87. The van der Waals surface area contributed by atoms with Crippen molar-refractivity contribution < 1.29 is 27.5 Å².